The fourth-order valence-corrected chi connectivity index (χ4v) is 2.87. The molecular formula is C17H15ClN6. The number of imidazole rings is 2. The van der Waals surface area contributed by atoms with Gasteiger partial charge >= 0.3 is 0 Å². The standard InChI is InChI=1S/C17H15ClN6/c1-2-7-24-8-13(21-10-24)11-3-5-12(6-4-11)14-15-16(20-9-19-15)23-17(18)22-14/h3-6,8-10H,2,7H2,1H3,(H,19,20,22,23). The quantitative estimate of drug-likeness (QED) is 0.572. The van der Waals surface area contributed by atoms with Crippen molar-refractivity contribution in [2.75, 3.05) is 0 Å². The number of aryl methyl sites for hydroxylation is 1. The first-order chi connectivity index (χ1) is 11.7. The molecule has 0 saturated heterocycles. The second-order valence-corrected chi connectivity index (χ2v) is 5.85. The third-order valence-electron chi connectivity index (χ3n) is 3.82. The van der Waals surface area contributed by atoms with E-state index >= 15 is 0 Å². The Balaban J connectivity index is 1.71. The summed E-state index contributed by atoms with van der Waals surface area (Å²) in [5.41, 5.74) is 5.02. The van der Waals surface area contributed by atoms with Crippen molar-refractivity contribution in [2.45, 2.75) is 19.9 Å². The third kappa shape index (κ3) is 2.65. The second-order valence-electron chi connectivity index (χ2n) is 5.52. The Morgan fingerprint density at radius 1 is 1.08 bits per heavy atom. The Morgan fingerprint density at radius 3 is 2.67 bits per heavy atom. The topological polar surface area (TPSA) is 72.3 Å². The fraction of sp³-hybridized carbons (Fsp3) is 0.176. The summed E-state index contributed by atoms with van der Waals surface area (Å²) in [4.78, 5) is 20.2. The molecule has 4 rings (SSSR count). The molecule has 6 nitrogen and oxygen atoms in total. The number of aromatic amines is 1. The highest BCUT2D eigenvalue weighted by molar-refractivity contribution is 6.28. The van der Waals surface area contributed by atoms with Crippen molar-refractivity contribution >= 4 is 22.8 Å². The second kappa shape index (κ2) is 6.05. The molecule has 4 aromatic rings. The molecule has 0 fully saturated rings. The van der Waals surface area contributed by atoms with Crippen LogP contribution in [0, 0.1) is 0 Å². The zero-order valence-electron chi connectivity index (χ0n) is 13.1. The maximum atomic E-state index is 6.01. The minimum absolute atomic E-state index is 0.198. The number of fused-ring (bicyclic) bond motifs is 1. The van der Waals surface area contributed by atoms with E-state index in [2.05, 4.69) is 42.6 Å². The van der Waals surface area contributed by atoms with Gasteiger partial charge in [-0.1, -0.05) is 31.2 Å². The number of nitrogens with one attached hydrogen (secondary N) is 1. The molecule has 0 atom stereocenters. The number of aromatic nitrogens is 6. The van der Waals surface area contributed by atoms with Crippen molar-refractivity contribution in [3.8, 4) is 22.5 Å². The molecule has 0 aliphatic carbocycles. The number of benzene rings is 1. The lowest BCUT2D eigenvalue weighted by molar-refractivity contribution is 0.678. The van der Waals surface area contributed by atoms with Crippen LogP contribution >= 0.6 is 11.6 Å². The van der Waals surface area contributed by atoms with Crippen molar-refractivity contribution in [1.29, 1.82) is 0 Å². The molecule has 1 N–H and O–H groups in total. The molecule has 0 unspecified atom stereocenters. The van der Waals surface area contributed by atoms with E-state index in [-0.39, 0.29) is 5.28 Å². The highest BCUT2D eigenvalue weighted by Gasteiger charge is 2.11. The highest BCUT2D eigenvalue weighted by Crippen LogP contribution is 2.27. The maximum absolute atomic E-state index is 6.01. The number of halogens is 1. The molecule has 0 radical (unpaired) electrons. The molecular weight excluding hydrogens is 324 g/mol. The third-order valence-corrected chi connectivity index (χ3v) is 3.99. The lowest BCUT2D eigenvalue weighted by atomic mass is 10.1. The van der Waals surface area contributed by atoms with E-state index < -0.39 is 0 Å². The van der Waals surface area contributed by atoms with E-state index in [1.54, 1.807) is 6.33 Å². The van der Waals surface area contributed by atoms with Gasteiger partial charge in [0, 0.05) is 23.9 Å². The molecule has 120 valence electrons. The van der Waals surface area contributed by atoms with Crippen LogP contribution in [0.15, 0.2) is 43.1 Å². The fourth-order valence-electron chi connectivity index (χ4n) is 2.70. The molecule has 24 heavy (non-hydrogen) atoms. The van der Waals surface area contributed by atoms with Crippen LogP contribution in [0.2, 0.25) is 5.28 Å². The summed E-state index contributed by atoms with van der Waals surface area (Å²) in [6.07, 6.45) is 6.60. The van der Waals surface area contributed by atoms with Crippen LogP contribution < -0.4 is 0 Å². The van der Waals surface area contributed by atoms with Crippen LogP contribution in [-0.2, 0) is 6.54 Å². The van der Waals surface area contributed by atoms with Gasteiger partial charge in [0.25, 0.3) is 0 Å². The van der Waals surface area contributed by atoms with Crippen LogP contribution in [0.25, 0.3) is 33.7 Å². The Kier molecular flexibility index (Phi) is 3.74. The van der Waals surface area contributed by atoms with Gasteiger partial charge in [0.2, 0.25) is 5.28 Å². The van der Waals surface area contributed by atoms with Crippen LogP contribution in [-0.4, -0.2) is 29.5 Å². The summed E-state index contributed by atoms with van der Waals surface area (Å²) in [5.74, 6) is 0. The summed E-state index contributed by atoms with van der Waals surface area (Å²) in [5, 5.41) is 0.198. The van der Waals surface area contributed by atoms with E-state index in [4.69, 9.17) is 11.6 Å². The Hall–Kier alpha value is -2.73. The number of hydrogen-bond acceptors (Lipinski definition) is 4. The van der Waals surface area contributed by atoms with Crippen molar-refractivity contribution in [1.82, 2.24) is 29.5 Å². The van der Waals surface area contributed by atoms with E-state index in [1.165, 1.54) is 0 Å². The Bertz CT molecular complexity index is 986. The molecule has 0 aliphatic heterocycles. The van der Waals surface area contributed by atoms with Gasteiger partial charge in [-0.05, 0) is 18.0 Å². The smallest absolute Gasteiger partial charge is 0.225 e. The molecule has 7 heteroatoms. The van der Waals surface area contributed by atoms with Crippen LogP contribution in [0.5, 0.6) is 0 Å². The average molecular weight is 339 g/mol. The maximum Gasteiger partial charge on any atom is 0.225 e. The van der Waals surface area contributed by atoms with Crippen molar-refractivity contribution in [3.63, 3.8) is 0 Å². The largest absolute Gasteiger partial charge is 0.337 e. The molecule has 1 aromatic carbocycles. The van der Waals surface area contributed by atoms with Crippen molar-refractivity contribution < 1.29 is 0 Å². The normalized spacial score (nSPS) is 11.2. The molecule has 0 spiro atoms. The zero-order chi connectivity index (χ0) is 16.5. The van der Waals surface area contributed by atoms with Crippen LogP contribution in [0.4, 0.5) is 0 Å². The first kappa shape index (κ1) is 14.8. The minimum Gasteiger partial charge on any atom is -0.337 e. The summed E-state index contributed by atoms with van der Waals surface area (Å²) in [7, 11) is 0. The SMILES string of the molecule is CCCn1cnc(-c2ccc(-c3nc(Cl)nc4[nH]cnc34)cc2)c1. The predicted molar refractivity (Wildman–Crippen MR) is 93.6 cm³/mol. The van der Waals surface area contributed by atoms with Gasteiger partial charge in [0.15, 0.2) is 5.65 Å². The van der Waals surface area contributed by atoms with Crippen LogP contribution in [0.1, 0.15) is 13.3 Å². The molecule has 0 saturated carbocycles. The first-order valence-corrected chi connectivity index (χ1v) is 8.11. The van der Waals surface area contributed by atoms with E-state index in [0.717, 1.165) is 29.8 Å². The Labute approximate surface area is 143 Å². The lowest BCUT2D eigenvalue weighted by Crippen LogP contribution is -1.91. The van der Waals surface area contributed by atoms with Crippen molar-refractivity contribution in [2.24, 2.45) is 0 Å². The van der Waals surface area contributed by atoms with E-state index in [9.17, 15) is 0 Å². The van der Waals surface area contributed by atoms with E-state index in [1.807, 2.05) is 30.6 Å². The van der Waals surface area contributed by atoms with Gasteiger partial charge in [-0.3, -0.25) is 0 Å². The highest BCUT2D eigenvalue weighted by atomic mass is 35.5. The molecule has 0 aliphatic rings. The number of hydrogen-bond donors (Lipinski definition) is 1. The molecule has 0 bridgehead atoms. The van der Waals surface area contributed by atoms with Gasteiger partial charge in [-0.2, -0.15) is 4.98 Å². The van der Waals surface area contributed by atoms with Gasteiger partial charge < -0.3 is 9.55 Å². The molecule has 0 amide bonds. The summed E-state index contributed by atoms with van der Waals surface area (Å²) < 4.78 is 2.10. The van der Waals surface area contributed by atoms with Gasteiger partial charge in [-0.25, -0.2) is 15.0 Å². The van der Waals surface area contributed by atoms with Gasteiger partial charge in [-0.15, -0.1) is 0 Å². The lowest BCUT2D eigenvalue weighted by Gasteiger charge is -2.04. The van der Waals surface area contributed by atoms with Gasteiger partial charge in [0.05, 0.1) is 18.3 Å². The van der Waals surface area contributed by atoms with E-state index in [0.29, 0.717) is 16.9 Å². The van der Waals surface area contributed by atoms with Gasteiger partial charge in [0.1, 0.15) is 11.2 Å². The zero-order valence-corrected chi connectivity index (χ0v) is 13.8. The first-order valence-electron chi connectivity index (χ1n) is 7.74. The summed E-state index contributed by atoms with van der Waals surface area (Å²) in [6, 6.07) is 8.06. The number of nitrogens with zero attached hydrogens (tertiary/aromatic N) is 5. The van der Waals surface area contributed by atoms with Crippen LogP contribution in [0.3, 0.4) is 0 Å². The Morgan fingerprint density at radius 2 is 1.88 bits per heavy atom. The average Bonchev–Trinajstić information content (AvgIpc) is 3.24. The minimum atomic E-state index is 0.198. The number of H-pyrrole nitrogens is 1. The monoisotopic (exact) mass is 338 g/mol. The summed E-state index contributed by atoms with van der Waals surface area (Å²) in [6.45, 7) is 3.12. The molecule has 3 aromatic heterocycles. The number of rotatable bonds is 4. The summed E-state index contributed by atoms with van der Waals surface area (Å²) >= 11 is 6.01. The predicted octanol–water partition coefficient (Wildman–Crippen LogP) is 3.95. The molecule has 3 heterocycles. The van der Waals surface area contributed by atoms with Crippen molar-refractivity contribution in [3.05, 3.63) is 48.4 Å².